The number of pyridine rings is 1. The van der Waals surface area contributed by atoms with Crippen molar-refractivity contribution in [2.45, 2.75) is 25.6 Å². The van der Waals surface area contributed by atoms with Crippen molar-refractivity contribution in [3.63, 3.8) is 0 Å². The van der Waals surface area contributed by atoms with Crippen LogP contribution in [0.25, 0.3) is 10.2 Å². The van der Waals surface area contributed by atoms with E-state index in [1.807, 2.05) is 12.1 Å². The van der Waals surface area contributed by atoms with Gasteiger partial charge in [-0.15, -0.1) is 0 Å². The maximum Gasteiger partial charge on any atom is 0.257 e. The molecule has 0 spiro atoms. The summed E-state index contributed by atoms with van der Waals surface area (Å²) in [4.78, 5) is 21.8. The maximum absolute atomic E-state index is 12.9. The molecule has 0 bridgehead atoms. The van der Waals surface area contributed by atoms with Crippen LogP contribution in [0.4, 0.5) is 5.13 Å². The van der Waals surface area contributed by atoms with Gasteiger partial charge in [-0.3, -0.25) is 15.1 Å². The lowest BCUT2D eigenvalue weighted by Crippen LogP contribution is -2.21. The number of benzene rings is 1. The summed E-state index contributed by atoms with van der Waals surface area (Å²) in [6, 6.07) is 7.29. The zero-order chi connectivity index (χ0) is 21.9. The first kappa shape index (κ1) is 21.3. The van der Waals surface area contributed by atoms with Crippen molar-refractivity contribution in [2.75, 3.05) is 38.9 Å². The number of nitrogens with zero attached hydrogens (tertiary/aromatic N) is 2. The average Bonchev–Trinajstić information content (AvgIpc) is 3.56. The topological polar surface area (TPSA) is 91.8 Å². The van der Waals surface area contributed by atoms with Crippen molar-refractivity contribution < 1.29 is 23.7 Å². The van der Waals surface area contributed by atoms with Gasteiger partial charge in [0.2, 0.25) is 0 Å². The number of methoxy groups -OCH3 is 1. The molecular weight excluding hydrogens is 430 g/mol. The van der Waals surface area contributed by atoms with Crippen molar-refractivity contribution in [2.24, 2.45) is 5.92 Å². The number of fused-ring (bicyclic) bond motifs is 1. The number of amides is 1. The Hall–Kier alpha value is -2.59. The summed E-state index contributed by atoms with van der Waals surface area (Å²) in [6.45, 7) is 2.80. The molecule has 1 saturated carbocycles. The quantitative estimate of drug-likeness (QED) is 0.550. The van der Waals surface area contributed by atoms with Gasteiger partial charge in [0.25, 0.3) is 5.91 Å². The molecule has 3 aromatic rings. The summed E-state index contributed by atoms with van der Waals surface area (Å²) < 4.78 is 23.5. The van der Waals surface area contributed by atoms with Gasteiger partial charge in [-0.05, 0) is 37.0 Å². The molecule has 168 valence electrons. The number of rotatable bonds is 8. The van der Waals surface area contributed by atoms with Gasteiger partial charge in [0.05, 0.1) is 43.9 Å². The fourth-order valence-corrected chi connectivity index (χ4v) is 4.66. The number of hydrogen-bond acceptors (Lipinski definition) is 8. The molecule has 9 heteroatoms. The first-order valence-corrected chi connectivity index (χ1v) is 11.5. The highest BCUT2D eigenvalue weighted by molar-refractivity contribution is 7.22. The third-order valence-corrected chi connectivity index (χ3v) is 6.54. The van der Waals surface area contributed by atoms with E-state index in [4.69, 9.17) is 18.9 Å². The van der Waals surface area contributed by atoms with E-state index in [0.29, 0.717) is 54.3 Å². The Balaban J connectivity index is 1.34. The molecule has 2 fully saturated rings. The van der Waals surface area contributed by atoms with E-state index >= 15 is 0 Å². The van der Waals surface area contributed by atoms with E-state index in [-0.39, 0.29) is 12.0 Å². The highest BCUT2D eigenvalue weighted by atomic mass is 32.1. The molecule has 5 rings (SSSR count). The molecule has 2 aliphatic rings. The lowest BCUT2D eigenvalue weighted by atomic mass is 10.1. The van der Waals surface area contributed by atoms with Crippen molar-refractivity contribution in [3.05, 3.63) is 47.3 Å². The predicted molar refractivity (Wildman–Crippen MR) is 120 cm³/mol. The zero-order valence-corrected chi connectivity index (χ0v) is 18.7. The van der Waals surface area contributed by atoms with Crippen LogP contribution in [-0.2, 0) is 20.8 Å². The van der Waals surface area contributed by atoms with Gasteiger partial charge in [0.15, 0.2) is 5.13 Å². The summed E-state index contributed by atoms with van der Waals surface area (Å²) in [6.07, 6.45) is 3.94. The monoisotopic (exact) mass is 455 g/mol. The number of nitrogens with one attached hydrogen (secondary N) is 1. The number of carbonyl (C=O) groups excluding carboxylic acids is 1. The van der Waals surface area contributed by atoms with Gasteiger partial charge >= 0.3 is 0 Å². The molecule has 1 aromatic carbocycles. The SMILES string of the molecule is COc1ccc(C2COCCO2)c2sc(NC(=O)c3ccnc(COCC4CC4)c3)nc12. The second-order valence-corrected chi connectivity index (χ2v) is 8.94. The van der Waals surface area contributed by atoms with E-state index in [1.165, 1.54) is 24.2 Å². The van der Waals surface area contributed by atoms with Gasteiger partial charge in [-0.25, -0.2) is 4.98 Å². The largest absolute Gasteiger partial charge is 0.494 e. The maximum atomic E-state index is 12.9. The minimum atomic E-state index is -0.243. The fraction of sp³-hybridized carbons (Fsp3) is 0.435. The van der Waals surface area contributed by atoms with Crippen LogP contribution < -0.4 is 10.1 Å². The van der Waals surface area contributed by atoms with Crippen molar-refractivity contribution in [1.29, 1.82) is 0 Å². The Labute approximate surface area is 189 Å². The summed E-state index contributed by atoms with van der Waals surface area (Å²) >= 11 is 1.40. The number of anilines is 1. The third kappa shape index (κ3) is 4.75. The minimum absolute atomic E-state index is 0.167. The number of carbonyl (C=O) groups is 1. The molecule has 1 unspecified atom stereocenters. The summed E-state index contributed by atoms with van der Waals surface area (Å²) in [5, 5.41) is 3.41. The molecule has 8 nitrogen and oxygen atoms in total. The van der Waals surface area contributed by atoms with Gasteiger partial charge in [-0.2, -0.15) is 0 Å². The van der Waals surface area contributed by atoms with Gasteiger partial charge in [0, 0.05) is 23.9 Å². The molecule has 1 aliphatic carbocycles. The summed E-state index contributed by atoms with van der Waals surface area (Å²) in [7, 11) is 1.61. The van der Waals surface area contributed by atoms with E-state index < -0.39 is 0 Å². The summed E-state index contributed by atoms with van der Waals surface area (Å²) in [5.74, 6) is 1.09. The van der Waals surface area contributed by atoms with Crippen LogP contribution >= 0.6 is 11.3 Å². The first-order chi connectivity index (χ1) is 15.7. The van der Waals surface area contributed by atoms with Crippen molar-refractivity contribution >= 4 is 32.6 Å². The highest BCUT2D eigenvalue weighted by Gasteiger charge is 2.24. The molecular formula is C23H25N3O5S. The number of ether oxygens (including phenoxy) is 4. The molecule has 1 saturated heterocycles. The Morgan fingerprint density at radius 2 is 2.19 bits per heavy atom. The average molecular weight is 456 g/mol. The lowest BCUT2D eigenvalue weighted by Gasteiger charge is -2.23. The van der Waals surface area contributed by atoms with Crippen molar-refractivity contribution in [1.82, 2.24) is 9.97 Å². The zero-order valence-electron chi connectivity index (χ0n) is 17.8. The molecule has 3 heterocycles. The third-order valence-electron chi connectivity index (χ3n) is 5.52. The van der Waals surface area contributed by atoms with Crippen molar-refractivity contribution in [3.8, 4) is 5.75 Å². The molecule has 2 aromatic heterocycles. The Morgan fingerprint density at radius 1 is 1.28 bits per heavy atom. The summed E-state index contributed by atoms with van der Waals surface area (Å²) in [5.41, 5.74) is 2.93. The molecule has 32 heavy (non-hydrogen) atoms. The van der Waals surface area contributed by atoms with E-state index in [0.717, 1.165) is 22.6 Å². The highest BCUT2D eigenvalue weighted by Crippen LogP contribution is 2.39. The van der Waals surface area contributed by atoms with E-state index in [2.05, 4.69) is 15.3 Å². The number of thiazole rings is 1. The standard InChI is InChI=1S/C23H25N3O5S/c1-28-18-5-4-17(19-13-29-8-9-31-19)21-20(18)25-23(32-21)26-22(27)15-6-7-24-16(10-15)12-30-11-14-2-3-14/h4-7,10,14,19H,2-3,8-9,11-13H2,1H3,(H,25,26,27). The number of aromatic nitrogens is 2. The van der Waals surface area contributed by atoms with Crippen LogP contribution in [-0.4, -0.2) is 49.4 Å². The van der Waals surface area contributed by atoms with Crippen LogP contribution in [0, 0.1) is 5.92 Å². The molecule has 1 aliphatic heterocycles. The fourth-order valence-electron chi connectivity index (χ4n) is 3.62. The van der Waals surface area contributed by atoms with Gasteiger partial charge in [0.1, 0.15) is 17.4 Å². The Bertz CT molecular complexity index is 1110. The normalized spacial score (nSPS) is 18.6. The second-order valence-electron chi connectivity index (χ2n) is 7.94. The first-order valence-electron chi connectivity index (χ1n) is 10.7. The van der Waals surface area contributed by atoms with Crippen LogP contribution in [0.15, 0.2) is 30.5 Å². The number of hydrogen-bond donors (Lipinski definition) is 1. The predicted octanol–water partition coefficient (Wildman–Crippen LogP) is 3.97. The van der Waals surface area contributed by atoms with Crippen LogP contribution in [0.2, 0.25) is 0 Å². The molecule has 1 N–H and O–H groups in total. The smallest absolute Gasteiger partial charge is 0.257 e. The van der Waals surface area contributed by atoms with Crippen LogP contribution in [0.1, 0.15) is 40.6 Å². The second kappa shape index (κ2) is 9.50. The lowest BCUT2D eigenvalue weighted by molar-refractivity contribution is -0.0895. The minimum Gasteiger partial charge on any atom is -0.494 e. The van der Waals surface area contributed by atoms with Gasteiger partial charge < -0.3 is 18.9 Å². The molecule has 1 atom stereocenters. The van der Waals surface area contributed by atoms with E-state index in [9.17, 15) is 4.79 Å². The van der Waals surface area contributed by atoms with Crippen LogP contribution in [0.5, 0.6) is 5.75 Å². The molecule has 0 radical (unpaired) electrons. The van der Waals surface area contributed by atoms with E-state index in [1.54, 1.807) is 25.4 Å². The van der Waals surface area contributed by atoms with Gasteiger partial charge in [-0.1, -0.05) is 17.4 Å². The van der Waals surface area contributed by atoms with Crippen LogP contribution in [0.3, 0.4) is 0 Å². The molecule has 1 amide bonds. The Kier molecular flexibility index (Phi) is 6.31. The Morgan fingerprint density at radius 3 is 2.97 bits per heavy atom.